The van der Waals surface area contributed by atoms with Gasteiger partial charge in [0.25, 0.3) is 5.56 Å². The summed E-state index contributed by atoms with van der Waals surface area (Å²) < 4.78 is 2.62. The van der Waals surface area contributed by atoms with Gasteiger partial charge in [-0.2, -0.15) is 0 Å². The molecule has 3 rings (SSSR count). The number of amides is 1. The Morgan fingerprint density at radius 2 is 1.76 bits per heavy atom. The number of rotatable bonds is 6. The van der Waals surface area contributed by atoms with E-state index in [9.17, 15) is 14.4 Å². The highest BCUT2D eigenvalue weighted by Gasteiger charge is 2.18. The Hall–Kier alpha value is -3.15. The van der Waals surface area contributed by atoms with E-state index in [0.717, 1.165) is 5.56 Å². The second kappa shape index (κ2) is 8.47. The predicted molar refractivity (Wildman–Crippen MR) is 117 cm³/mol. The van der Waals surface area contributed by atoms with Crippen molar-refractivity contribution in [3.63, 3.8) is 0 Å². The number of anilines is 1. The molecule has 6 nitrogen and oxygen atoms in total. The van der Waals surface area contributed by atoms with Crippen molar-refractivity contribution >= 4 is 22.5 Å². The first-order chi connectivity index (χ1) is 13.8. The third-order valence-corrected chi connectivity index (χ3v) is 5.25. The maximum atomic E-state index is 13.1. The molecule has 152 valence electrons. The lowest BCUT2D eigenvalue weighted by molar-refractivity contribution is -0.116. The molecule has 2 aromatic carbocycles. The summed E-state index contributed by atoms with van der Waals surface area (Å²) in [6.07, 6.45) is 0.641. The molecule has 0 spiro atoms. The first-order valence-corrected chi connectivity index (χ1v) is 9.97. The number of hydrogen-bond acceptors (Lipinski definition) is 3. The molecule has 0 radical (unpaired) electrons. The summed E-state index contributed by atoms with van der Waals surface area (Å²) in [6.45, 7) is 7.77. The first kappa shape index (κ1) is 20.6. The summed E-state index contributed by atoms with van der Waals surface area (Å²) in [7, 11) is 0. The van der Waals surface area contributed by atoms with Gasteiger partial charge in [0.1, 0.15) is 6.54 Å². The minimum Gasteiger partial charge on any atom is -0.325 e. The van der Waals surface area contributed by atoms with Crippen LogP contribution in [0.25, 0.3) is 10.9 Å². The van der Waals surface area contributed by atoms with Gasteiger partial charge in [-0.3, -0.25) is 18.7 Å². The van der Waals surface area contributed by atoms with E-state index in [1.165, 1.54) is 9.13 Å². The molecule has 0 aliphatic heterocycles. The monoisotopic (exact) mass is 393 g/mol. The fourth-order valence-electron chi connectivity index (χ4n) is 3.38. The second-order valence-electron chi connectivity index (χ2n) is 7.65. The summed E-state index contributed by atoms with van der Waals surface area (Å²) >= 11 is 0. The molecule has 1 heterocycles. The molecule has 1 N–H and O–H groups in total. The van der Waals surface area contributed by atoms with Crippen LogP contribution in [0.3, 0.4) is 0 Å². The smallest absolute Gasteiger partial charge is 0.325 e. The summed E-state index contributed by atoms with van der Waals surface area (Å²) in [5.41, 5.74) is 1.49. The van der Waals surface area contributed by atoms with Crippen molar-refractivity contribution in [1.29, 1.82) is 0 Å². The topological polar surface area (TPSA) is 73.1 Å². The zero-order valence-corrected chi connectivity index (χ0v) is 17.3. The third-order valence-electron chi connectivity index (χ3n) is 5.25. The molecule has 29 heavy (non-hydrogen) atoms. The van der Waals surface area contributed by atoms with E-state index < -0.39 is 5.69 Å². The Balaban J connectivity index is 2.01. The van der Waals surface area contributed by atoms with E-state index in [0.29, 0.717) is 28.9 Å². The predicted octanol–water partition coefficient (Wildman–Crippen LogP) is 3.90. The van der Waals surface area contributed by atoms with Crippen LogP contribution in [0, 0.1) is 0 Å². The average Bonchev–Trinajstić information content (AvgIpc) is 2.71. The van der Waals surface area contributed by atoms with Gasteiger partial charge in [-0.15, -0.1) is 0 Å². The lowest BCUT2D eigenvalue weighted by atomic mass is 10.0. The Kier molecular flexibility index (Phi) is 6.01. The van der Waals surface area contributed by atoms with Crippen molar-refractivity contribution in [3.8, 4) is 0 Å². The number of carbonyl (C=O) groups excluding carboxylic acids is 1. The molecule has 0 aliphatic rings. The van der Waals surface area contributed by atoms with Gasteiger partial charge in [-0.05, 0) is 49.1 Å². The number of aromatic nitrogens is 2. The highest BCUT2D eigenvalue weighted by Crippen LogP contribution is 2.18. The molecular weight excluding hydrogens is 366 g/mol. The quantitative estimate of drug-likeness (QED) is 0.690. The van der Waals surface area contributed by atoms with Crippen molar-refractivity contribution < 1.29 is 4.79 Å². The number of carbonyl (C=O) groups is 1. The van der Waals surface area contributed by atoms with Gasteiger partial charge in [-0.25, -0.2) is 4.79 Å². The molecule has 3 aromatic rings. The summed E-state index contributed by atoms with van der Waals surface area (Å²) in [5.74, 6) is 0.0324. The number of para-hydroxylation sites is 1. The Bertz CT molecular complexity index is 1160. The standard InChI is InChI=1S/C23H27N3O3/c1-5-16(4)26-22(28)19-11-6-7-12-20(19)25(23(26)29)14-21(27)24-18-10-8-9-17(13-18)15(2)3/h6-13,15-16H,5,14H2,1-4H3,(H,24,27)/t16-/m1/s1. The van der Waals surface area contributed by atoms with Crippen LogP contribution in [0.2, 0.25) is 0 Å². The zero-order valence-electron chi connectivity index (χ0n) is 17.3. The van der Waals surface area contributed by atoms with E-state index >= 15 is 0 Å². The number of fused-ring (bicyclic) bond motifs is 1. The zero-order chi connectivity index (χ0) is 21.1. The van der Waals surface area contributed by atoms with Crippen LogP contribution < -0.4 is 16.6 Å². The Labute approximate surface area is 169 Å². The summed E-state index contributed by atoms with van der Waals surface area (Å²) in [6, 6.07) is 14.3. The van der Waals surface area contributed by atoms with Gasteiger partial charge in [0.2, 0.25) is 5.91 Å². The number of benzene rings is 2. The van der Waals surface area contributed by atoms with Crippen LogP contribution in [0.1, 0.15) is 51.6 Å². The van der Waals surface area contributed by atoms with Crippen molar-refractivity contribution in [1.82, 2.24) is 9.13 Å². The van der Waals surface area contributed by atoms with Gasteiger partial charge in [0.05, 0.1) is 10.9 Å². The largest absolute Gasteiger partial charge is 0.332 e. The van der Waals surface area contributed by atoms with E-state index in [-0.39, 0.29) is 24.1 Å². The van der Waals surface area contributed by atoms with E-state index in [1.54, 1.807) is 24.3 Å². The van der Waals surface area contributed by atoms with Crippen molar-refractivity contribution in [2.75, 3.05) is 5.32 Å². The van der Waals surface area contributed by atoms with Crippen LogP contribution in [-0.4, -0.2) is 15.0 Å². The van der Waals surface area contributed by atoms with Gasteiger partial charge < -0.3 is 5.32 Å². The fraction of sp³-hybridized carbons (Fsp3) is 0.348. The van der Waals surface area contributed by atoms with Gasteiger partial charge in [0, 0.05) is 11.7 Å². The Morgan fingerprint density at radius 3 is 2.45 bits per heavy atom. The third kappa shape index (κ3) is 4.16. The SMILES string of the molecule is CC[C@@H](C)n1c(=O)c2ccccc2n(CC(=O)Nc2cccc(C(C)C)c2)c1=O. The normalized spacial score (nSPS) is 12.3. The molecule has 0 saturated heterocycles. The van der Waals surface area contributed by atoms with Crippen molar-refractivity contribution in [2.24, 2.45) is 0 Å². The molecule has 1 aromatic heterocycles. The molecule has 6 heteroatoms. The highest BCUT2D eigenvalue weighted by atomic mass is 16.2. The molecule has 0 fully saturated rings. The average molecular weight is 393 g/mol. The fourth-order valence-corrected chi connectivity index (χ4v) is 3.38. The van der Waals surface area contributed by atoms with Gasteiger partial charge in [0.15, 0.2) is 0 Å². The van der Waals surface area contributed by atoms with Gasteiger partial charge >= 0.3 is 5.69 Å². The van der Waals surface area contributed by atoms with Gasteiger partial charge in [-0.1, -0.05) is 45.0 Å². The van der Waals surface area contributed by atoms with Crippen LogP contribution in [-0.2, 0) is 11.3 Å². The number of hydrogen-bond donors (Lipinski definition) is 1. The maximum absolute atomic E-state index is 13.1. The highest BCUT2D eigenvalue weighted by molar-refractivity contribution is 5.91. The van der Waals surface area contributed by atoms with Crippen molar-refractivity contribution in [2.45, 2.75) is 52.6 Å². The van der Waals surface area contributed by atoms with Crippen molar-refractivity contribution in [3.05, 3.63) is 74.9 Å². The van der Waals surface area contributed by atoms with Crippen LogP contribution in [0.15, 0.2) is 58.1 Å². The maximum Gasteiger partial charge on any atom is 0.332 e. The number of nitrogens with one attached hydrogen (secondary N) is 1. The van der Waals surface area contributed by atoms with E-state index in [4.69, 9.17) is 0 Å². The molecular formula is C23H27N3O3. The molecule has 1 atom stereocenters. The Morgan fingerprint density at radius 1 is 1.03 bits per heavy atom. The minimum atomic E-state index is -0.464. The second-order valence-corrected chi connectivity index (χ2v) is 7.65. The van der Waals surface area contributed by atoms with E-state index in [2.05, 4.69) is 19.2 Å². The van der Waals surface area contributed by atoms with Crippen LogP contribution in [0.5, 0.6) is 0 Å². The summed E-state index contributed by atoms with van der Waals surface area (Å²) in [4.78, 5) is 38.6. The molecule has 0 aliphatic carbocycles. The lowest BCUT2D eigenvalue weighted by Crippen LogP contribution is -2.43. The number of nitrogens with zero attached hydrogens (tertiary/aromatic N) is 2. The summed E-state index contributed by atoms with van der Waals surface area (Å²) in [5, 5.41) is 3.30. The van der Waals surface area contributed by atoms with E-state index in [1.807, 2.05) is 38.1 Å². The first-order valence-electron chi connectivity index (χ1n) is 9.97. The molecule has 0 bridgehead atoms. The minimum absolute atomic E-state index is 0.165. The van der Waals surface area contributed by atoms with Crippen LogP contribution in [0.4, 0.5) is 5.69 Å². The lowest BCUT2D eigenvalue weighted by Gasteiger charge is -2.17. The van der Waals surface area contributed by atoms with Crippen LogP contribution >= 0.6 is 0 Å². The molecule has 1 amide bonds. The molecule has 0 saturated carbocycles. The molecule has 0 unspecified atom stereocenters.